The van der Waals surface area contributed by atoms with Crippen LogP contribution in [0.15, 0.2) is 0 Å². The summed E-state index contributed by atoms with van der Waals surface area (Å²) in [6.07, 6.45) is 11.3. The number of aliphatic carboxylic acids is 1. The molecule has 0 fully saturated rings. The number of hydrogen-bond acceptors (Lipinski definition) is 3. The van der Waals surface area contributed by atoms with Crippen molar-refractivity contribution in [1.29, 1.82) is 0 Å². The van der Waals surface area contributed by atoms with Crippen LogP contribution in [0.3, 0.4) is 0 Å². The molecule has 0 aromatic heterocycles. The fourth-order valence-corrected chi connectivity index (χ4v) is 3.49. The van der Waals surface area contributed by atoms with Gasteiger partial charge in [-0.1, -0.05) is 58.3 Å². The Hall–Kier alpha value is -0.620. The number of hydrogen-bond donors (Lipinski definition) is 2. The van der Waals surface area contributed by atoms with Gasteiger partial charge < -0.3 is 5.11 Å². The van der Waals surface area contributed by atoms with Crippen molar-refractivity contribution in [3.05, 3.63) is 0 Å². The molecule has 0 bridgehead atoms. The van der Waals surface area contributed by atoms with E-state index in [1.807, 2.05) is 0 Å². The van der Waals surface area contributed by atoms with Gasteiger partial charge in [0.05, 0.1) is 5.75 Å². The van der Waals surface area contributed by atoms with Crippen molar-refractivity contribution in [2.24, 2.45) is 0 Å². The second kappa shape index (κ2) is 14.0. The molecule has 0 spiro atoms. The fraction of sp³-hybridized carbons (Fsp3) is 0.938. The highest BCUT2D eigenvalue weighted by Crippen LogP contribution is 2.09. The van der Waals surface area contributed by atoms with E-state index in [0.29, 0.717) is 19.4 Å². The van der Waals surface area contributed by atoms with Crippen molar-refractivity contribution in [2.75, 3.05) is 12.3 Å². The lowest BCUT2D eigenvalue weighted by Gasteiger charge is -2.06. The molecule has 0 amide bonds. The number of rotatable bonds is 16. The number of nitrogens with one attached hydrogen (secondary N) is 1. The number of carboxylic acid groups (broad SMARTS) is 1. The second-order valence-electron chi connectivity index (χ2n) is 5.89. The fourth-order valence-electron chi connectivity index (χ4n) is 2.30. The first-order chi connectivity index (χ1) is 10.5. The van der Waals surface area contributed by atoms with E-state index >= 15 is 0 Å². The van der Waals surface area contributed by atoms with Gasteiger partial charge in [0.15, 0.2) is 0 Å². The zero-order chi connectivity index (χ0) is 16.7. The molecule has 22 heavy (non-hydrogen) atoms. The molecule has 0 unspecified atom stereocenters. The van der Waals surface area contributed by atoms with Crippen molar-refractivity contribution in [2.45, 2.75) is 84.0 Å². The Labute approximate surface area is 135 Å². The van der Waals surface area contributed by atoms with Crippen LogP contribution < -0.4 is 4.72 Å². The van der Waals surface area contributed by atoms with E-state index in [0.717, 1.165) is 25.7 Å². The summed E-state index contributed by atoms with van der Waals surface area (Å²) in [5.41, 5.74) is 0. The van der Waals surface area contributed by atoms with Crippen LogP contribution >= 0.6 is 0 Å². The molecule has 0 saturated carbocycles. The van der Waals surface area contributed by atoms with Crippen LogP contribution in [0, 0.1) is 0 Å². The van der Waals surface area contributed by atoms with Crippen molar-refractivity contribution < 1.29 is 18.3 Å². The molecule has 0 aromatic carbocycles. The van der Waals surface area contributed by atoms with Crippen LogP contribution in [0.5, 0.6) is 0 Å². The normalized spacial score (nSPS) is 11.7. The molecule has 132 valence electrons. The Morgan fingerprint density at radius 1 is 0.864 bits per heavy atom. The molecular weight excluding hydrogens is 302 g/mol. The van der Waals surface area contributed by atoms with Gasteiger partial charge in [0.1, 0.15) is 0 Å². The maximum atomic E-state index is 11.7. The molecule has 0 radical (unpaired) electrons. The highest BCUT2D eigenvalue weighted by Gasteiger charge is 2.08. The first kappa shape index (κ1) is 21.4. The van der Waals surface area contributed by atoms with Crippen LogP contribution in [0.25, 0.3) is 0 Å². The topological polar surface area (TPSA) is 83.5 Å². The van der Waals surface area contributed by atoms with Crippen molar-refractivity contribution in [1.82, 2.24) is 4.72 Å². The Bertz CT molecular complexity index is 368. The molecule has 0 rings (SSSR count). The molecule has 0 aliphatic rings. The molecule has 0 aromatic rings. The van der Waals surface area contributed by atoms with Gasteiger partial charge in [-0.05, 0) is 19.3 Å². The molecule has 0 aliphatic carbocycles. The molecule has 2 N–H and O–H groups in total. The van der Waals surface area contributed by atoms with E-state index in [1.54, 1.807) is 0 Å². The van der Waals surface area contributed by atoms with Crippen molar-refractivity contribution >= 4 is 16.0 Å². The number of carbonyl (C=O) groups is 1. The Morgan fingerprint density at radius 2 is 1.41 bits per heavy atom. The summed E-state index contributed by atoms with van der Waals surface area (Å²) in [6.45, 7) is 2.61. The van der Waals surface area contributed by atoms with Crippen LogP contribution in [-0.2, 0) is 14.8 Å². The lowest BCUT2D eigenvalue weighted by Crippen LogP contribution is -2.27. The average Bonchev–Trinajstić information content (AvgIpc) is 2.45. The van der Waals surface area contributed by atoms with E-state index in [-0.39, 0.29) is 12.2 Å². The Kier molecular flexibility index (Phi) is 13.6. The number of unbranched alkanes of at least 4 members (excludes halogenated alkanes) is 9. The Balaban J connectivity index is 3.44. The highest BCUT2D eigenvalue weighted by atomic mass is 32.2. The molecule has 0 aliphatic heterocycles. The van der Waals surface area contributed by atoms with Gasteiger partial charge in [0.2, 0.25) is 10.0 Å². The molecule has 0 heterocycles. The zero-order valence-corrected chi connectivity index (χ0v) is 14.8. The minimum atomic E-state index is -3.15. The summed E-state index contributed by atoms with van der Waals surface area (Å²) in [7, 11) is -3.15. The molecule has 0 atom stereocenters. The molecule has 6 heteroatoms. The van der Waals surface area contributed by atoms with Crippen LogP contribution in [0.2, 0.25) is 0 Å². The van der Waals surface area contributed by atoms with Gasteiger partial charge in [-0.15, -0.1) is 0 Å². The standard InChI is InChI=1S/C16H33NO4S/c1-2-3-4-5-6-7-8-12-15-22(20,21)17-14-11-9-10-13-16(18)19/h17H,2-15H2,1H3,(H,18,19). The summed E-state index contributed by atoms with van der Waals surface area (Å²) in [5.74, 6) is -0.591. The predicted octanol–water partition coefficient (Wildman–Crippen LogP) is 3.69. The van der Waals surface area contributed by atoms with Gasteiger partial charge in [-0.25, -0.2) is 13.1 Å². The second-order valence-corrected chi connectivity index (χ2v) is 7.82. The lowest BCUT2D eigenvalue weighted by molar-refractivity contribution is -0.137. The van der Waals surface area contributed by atoms with E-state index in [1.165, 1.54) is 32.1 Å². The van der Waals surface area contributed by atoms with Crippen LogP contribution in [-0.4, -0.2) is 31.8 Å². The maximum absolute atomic E-state index is 11.7. The first-order valence-electron chi connectivity index (χ1n) is 8.67. The third-order valence-electron chi connectivity index (χ3n) is 3.66. The van der Waals surface area contributed by atoms with E-state index in [9.17, 15) is 13.2 Å². The van der Waals surface area contributed by atoms with Gasteiger partial charge in [0, 0.05) is 13.0 Å². The highest BCUT2D eigenvalue weighted by molar-refractivity contribution is 7.89. The van der Waals surface area contributed by atoms with Crippen molar-refractivity contribution in [3.63, 3.8) is 0 Å². The summed E-state index contributed by atoms with van der Waals surface area (Å²) in [6, 6.07) is 0. The quantitative estimate of drug-likeness (QED) is 0.421. The predicted molar refractivity (Wildman–Crippen MR) is 90.5 cm³/mol. The molecule has 0 saturated heterocycles. The summed E-state index contributed by atoms with van der Waals surface area (Å²) >= 11 is 0. The van der Waals surface area contributed by atoms with Gasteiger partial charge >= 0.3 is 5.97 Å². The summed E-state index contributed by atoms with van der Waals surface area (Å²) < 4.78 is 26.1. The van der Waals surface area contributed by atoms with Gasteiger partial charge in [-0.3, -0.25) is 4.79 Å². The SMILES string of the molecule is CCCCCCCCCCS(=O)(=O)NCCCCCC(=O)O. The van der Waals surface area contributed by atoms with Gasteiger partial charge in [-0.2, -0.15) is 0 Å². The van der Waals surface area contributed by atoms with E-state index < -0.39 is 16.0 Å². The molecular formula is C16H33NO4S. The number of carboxylic acids is 1. The minimum Gasteiger partial charge on any atom is -0.481 e. The first-order valence-corrected chi connectivity index (χ1v) is 10.3. The monoisotopic (exact) mass is 335 g/mol. The summed E-state index contributed by atoms with van der Waals surface area (Å²) in [4.78, 5) is 10.3. The maximum Gasteiger partial charge on any atom is 0.303 e. The molecule has 5 nitrogen and oxygen atoms in total. The Morgan fingerprint density at radius 3 is 2.00 bits per heavy atom. The zero-order valence-electron chi connectivity index (χ0n) is 14.0. The average molecular weight is 336 g/mol. The lowest BCUT2D eigenvalue weighted by atomic mass is 10.1. The van der Waals surface area contributed by atoms with Gasteiger partial charge in [0.25, 0.3) is 0 Å². The third kappa shape index (κ3) is 15.8. The van der Waals surface area contributed by atoms with E-state index in [2.05, 4.69) is 11.6 Å². The van der Waals surface area contributed by atoms with Crippen LogP contribution in [0.4, 0.5) is 0 Å². The van der Waals surface area contributed by atoms with Crippen LogP contribution in [0.1, 0.15) is 84.0 Å². The van der Waals surface area contributed by atoms with E-state index in [4.69, 9.17) is 5.11 Å². The summed E-state index contributed by atoms with van der Waals surface area (Å²) in [5, 5.41) is 8.49. The smallest absolute Gasteiger partial charge is 0.303 e. The minimum absolute atomic E-state index is 0.158. The number of sulfonamides is 1. The largest absolute Gasteiger partial charge is 0.481 e. The van der Waals surface area contributed by atoms with Crippen molar-refractivity contribution in [3.8, 4) is 0 Å². The third-order valence-corrected chi connectivity index (χ3v) is 5.13.